The van der Waals surface area contributed by atoms with Crippen molar-refractivity contribution in [1.29, 1.82) is 0 Å². The zero-order valence-electron chi connectivity index (χ0n) is 25.4. The fraction of sp³-hybridized carbons (Fsp3) is 0.294. The third-order valence-corrected chi connectivity index (χ3v) is 8.05. The minimum absolute atomic E-state index is 0.366. The molecule has 0 bridgehead atoms. The smallest absolute Gasteiger partial charge is 0.138 e. The van der Waals surface area contributed by atoms with Crippen LogP contribution in [-0.4, -0.2) is 93.4 Å². The molecule has 6 heterocycles. The topological polar surface area (TPSA) is 108 Å². The summed E-state index contributed by atoms with van der Waals surface area (Å²) in [6.45, 7) is 4.91. The summed E-state index contributed by atoms with van der Waals surface area (Å²) in [5.41, 5.74) is 6.72. The lowest BCUT2D eigenvalue weighted by Gasteiger charge is -2.15. The summed E-state index contributed by atoms with van der Waals surface area (Å²) in [7, 11) is 4.02. The molecule has 1 aromatic carbocycles. The fourth-order valence-electron chi connectivity index (χ4n) is 5.72. The highest BCUT2D eigenvalue weighted by atomic mass is 19.1. The Kier molecular flexibility index (Phi) is 8.10. The molecule has 0 amide bonds. The van der Waals surface area contributed by atoms with Gasteiger partial charge in [-0.3, -0.25) is 20.0 Å². The number of fused-ring (bicyclic) bond motifs is 2. The third-order valence-electron chi connectivity index (χ3n) is 8.05. The first-order valence-corrected chi connectivity index (χ1v) is 15.2. The highest BCUT2D eigenvalue weighted by Crippen LogP contribution is 2.34. The number of aromatic amines is 2. The van der Waals surface area contributed by atoms with Gasteiger partial charge in [0.1, 0.15) is 41.7 Å². The number of aromatic nitrogens is 6. The number of hydrogen-bond donors (Lipinski definition) is 2. The van der Waals surface area contributed by atoms with Gasteiger partial charge in [0.05, 0.1) is 28.8 Å². The summed E-state index contributed by atoms with van der Waals surface area (Å²) in [6.07, 6.45) is 7.65. The lowest BCUT2D eigenvalue weighted by atomic mass is 10.1. The molecule has 1 aliphatic rings. The Hall–Kier alpha value is -4.87. The Bertz CT molecular complexity index is 1950. The molecule has 0 unspecified atom stereocenters. The van der Waals surface area contributed by atoms with Crippen molar-refractivity contribution in [3.8, 4) is 45.4 Å². The van der Waals surface area contributed by atoms with E-state index in [9.17, 15) is 4.39 Å². The predicted molar refractivity (Wildman–Crippen MR) is 173 cm³/mol. The number of rotatable bonds is 11. The summed E-state index contributed by atoms with van der Waals surface area (Å²) in [4.78, 5) is 21.9. The molecule has 0 radical (unpaired) electrons. The van der Waals surface area contributed by atoms with E-state index in [1.54, 1.807) is 18.6 Å². The van der Waals surface area contributed by atoms with Gasteiger partial charge >= 0.3 is 0 Å². The zero-order valence-corrected chi connectivity index (χ0v) is 25.4. The second kappa shape index (κ2) is 12.6. The summed E-state index contributed by atoms with van der Waals surface area (Å²) in [5, 5.41) is 8.54. The largest absolute Gasteiger partial charge is 0.492 e. The monoisotopic (exact) mass is 606 g/mol. The van der Waals surface area contributed by atoms with Crippen LogP contribution in [0, 0.1) is 5.82 Å². The zero-order chi connectivity index (χ0) is 30.8. The summed E-state index contributed by atoms with van der Waals surface area (Å²) in [6, 6.07) is 14.5. The molecule has 5 aromatic heterocycles. The Balaban J connectivity index is 1.18. The Morgan fingerprint density at radius 1 is 0.889 bits per heavy atom. The molecule has 230 valence electrons. The minimum Gasteiger partial charge on any atom is -0.492 e. The van der Waals surface area contributed by atoms with Gasteiger partial charge in [0.2, 0.25) is 0 Å². The molecule has 11 heteroatoms. The number of likely N-dealkylation sites (tertiary alicyclic amines) is 1. The van der Waals surface area contributed by atoms with E-state index in [0.717, 1.165) is 59.5 Å². The summed E-state index contributed by atoms with van der Waals surface area (Å²) < 4.78 is 26.6. The van der Waals surface area contributed by atoms with Crippen LogP contribution >= 0.6 is 0 Å². The summed E-state index contributed by atoms with van der Waals surface area (Å²) in [5.74, 6) is 0.821. The number of nitrogens with one attached hydrogen (secondary N) is 2. The van der Waals surface area contributed by atoms with Crippen LogP contribution in [0.1, 0.15) is 12.8 Å². The number of H-pyrrole nitrogens is 2. The SMILES string of the molecule is CN(C)CCOc1cncc(-c2ccc3[nH]nc(-c4cc5c(-c6cc(F)cc(OCCN7CCCC7)c6)nccc5[nH]4)c3n2)c1. The molecule has 0 aliphatic carbocycles. The fourth-order valence-corrected chi connectivity index (χ4v) is 5.72. The van der Waals surface area contributed by atoms with Crippen molar-refractivity contribution in [3.63, 3.8) is 0 Å². The molecule has 2 N–H and O–H groups in total. The first-order valence-electron chi connectivity index (χ1n) is 15.2. The van der Waals surface area contributed by atoms with Crippen molar-refractivity contribution >= 4 is 21.9 Å². The average Bonchev–Trinajstić information content (AvgIpc) is 3.80. The molecule has 1 fully saturated rings. The first-order chi connectivity index (χ1) is 22.0. The van der Waals surface area contributed by atoms with E-state index < -0.39 is 0 Å². The maximum Gasteiger partial charge on any atom is 0.138 e. The van der Waals surface area contributed by atoms with Crippen LogP contribution in [0.3, 0.4) is 0 Å². The van der Waals surface area contributed by atoms with E-state index in [-0.39, 0.29) is 5.82 Å². The normalized spacial score (nSPS) is 13.8. The number of pyridine rings is 3. The second-order valence-corrected chi connectivity index (χ2v) is 11.6. The van der Waals surface area contributed by atoms with E-state index in [2.05, 4.69) is 34.9 Å². The van der Waals surface area contributed by atoms with E-state index in [4.69, 9.17) is 14.5 Å². The second-order valence-electron chi connectivity index (χ2n) is 11.6. The Labute approximate surface area is 260 Å². The third kappa shape index (κ3) is 6.36. The molecule has 1 aliphatic heterocycles. The van der Waals surface area contributed by atoms with Crippen molar-refractivity contribution in [2.75, 3.05) is 53.5 Å². The van der Waals surface area contributed by atoms with Gasteiger partial charge < -0.3 is 19.4 Å². The van der Waals surface area contributed by atoms with Crippen LogP contribution in [0.25, 0.3) is 55.8 Å². The minimum atomic E-state index is -0.366. The maximum absolute atomic E-state index is 14.8. The number of hydrogen-bond acceptors (Lipinski definition) is 8. The van der Waals surface area contributed by atoms with Crippen molar-refractivity contribution in [2.45, 2.75) is 12.8 Å². The van der Waals surface area contributed by atoms with E-state index in [1.807, 2.05) is 50.5 Å². The maximum atomic E-state index is 14.8. The lowest BCUT2D eigenvalue weighted by Crippen LogP contribution is -2.25. The van der Waals surface area contributed by atoms with E-state index in [1.165, 1.54) is 25.0 Å². The molecule has 6 aromatic rings. The van der Waals surface area contributed by atoms with Crippen molar-refractivity contribution in [1.82, 2.24) is 39.9 Å². The van der Waals surface area contributed by atoms with Gasteiger partial charge in [-0.1, -0.05) is 0 Å². The van der Waals surface area contributed by atoms with Crippen LogP contribution in [0.4, 0.5) is 4.39 Å². The summed E-state index contributed by atoms with van der Waals surface area (Å²) >= 11 is 0. The lowest BCUT2D eigenvalue weighted by molar-refractivity contribution is 0.237. The van der Waals surface area contributed by atoms with Crippen LogP contribution in [-0.2, 0) is 0 Å². The van der Waals surface area contributed by atoms with Crippen LogP contribution in [0.2, 0.25) is 0 Å². The van der Waals surface area contributed by atoms with Gasteiger partial charge in [-0.15, -0.1) is 0 Å². The van der Waals surface area contributed by atoms with Gasteiger partial charge in [0.25, 0.3) is 0 Å². The highest BCUT2D eigenvalue weighted by Gasteiger charge is 2.17. The van der Waals surface area contributed by atoms with Gasteiger partial charge in [-0.05, 0) is 82.5 Å². The molecule has 7 rings (SSSR count). The van der Waals surface area contributed by atoms with Gasteiger partial charge in [-0.25, -0.2) is 9.37 Å². The Morgan fingerprint density at radius 2 is 1.73 bits per heavy atom. The number of likely N-dealkylation sites (N-methyl/N-ethyl adjacent to an activating group) is 1. The molecular weight excluding hydrogens is 571 g/mol. The standard InChI is InChI=1S/C34H35FN8O2/c1-42(2)11-13-45-26-17-23(20-36-21-26)28-5-6-30-33(39-28)34(41-40-30)31-19-27-29(38-31)7-8-37-32(27)22-15-24(35)18-25(16-22)44-14-12-43-9-3-4-10-43/h5-8,15-21,38H,3-4,9-14H2,1-2H3,(H,40,41). The van der Waals surface area contributed by atoms with Crippen molar-refractivity contribution in [2.24, 2.45) is 0 Å². The molecular formula is C34H35FN8O2. The quantitative estimate of drug-likeness (QED) is 0.191. The molecule has 0 spiro atoms. The Morgan fingerprint density at radius 3 is 2.60 bits per heavy atom. The number of nitrogens with zero attached hydrogens (tertiary/aromatic N) is 6. The van der Waals surface area contributed by atoms with Gasteiger partial charge in [-0.2, -0.15) is 5.10 Å². The van der Waals surface area contributed by atoms with Gasteiger partial charge in [0.15, 0.2) is 0 Å². The molecule has 1 saturated heterocycles. The average molecular weight is 607 g/mol. The van der Waals surface area contributed by atoms with E-state index in [0.29, 0.717) is 47.2 Å². The number of ether oxygens (including phenoxy) is 2. The predicted octanol–water partition coefficient (Wildman–Crippen LogP) is 5.78. The molecule has 0 saturated carbocycles. The van der Waals surface area contributed by atoms with Crippen LogP contribution < -0.4 is 9.47 Å². The van der Waals surface area contributed by atoms with Gasteiger partial charge in [0, 0.05) is 53.6 Å². The number of halogens is 1. The van der Waals surface area contributed by atoms with E-state index >= 15 is 0 Å². The molecule has 10 nitrogen and oxygen atoms in total. The number of benzene rings is 1. The molecule has 0 atom stereocenters. The van der Waals surface area contributed by atoms with Crippen LogP contribution in [0.15, 0.2) is 67.1 Å². The van der Waals surface area contributed by atoms with Crippen molar-refractivity contribution < 1.29 is 13.9 Å². The first kappa shape index (κ1) is 28.9. The molecule has 45 heavy (non-hydrogen) atoms. The van der Waals surface area contributed by atoms with Crippen LogP contribution in [0.5, 0.6) is 11.5 Å². The highest BCUT2D eigenvalue weighted by molar-refractivity contribution is 5.99. The van der Waals surface area contributed by atoms with Crippen molar-refractivity contribution in [3.05, 3.63) is 72.9 Å².